The fourth-order valence-electron chi connectivity index (χ4n) is 1.67. The Bertz CT molecular complexity index is 424. The van der Waals surface area contributed by atoms with Gasteiger partial charge in [0.15, 0.2) is 5.82 Å². The van der Waals surface area contributed by atoms with Crippen molar-refractivity contribution in [3.63, 3.8) is 0 Å². The highest BCUT2D eigenvalue weighted by Crippen LogP contribution is 2.22. The number of nitrogens with zero attached hydrogens (tertiary/aromatic N) is 4. The van der Waals surface area contributed by atoms with Crippen molar-refractivity contribution in [1.29, 1.82) is 0 Å². The van der Waals surface area contributed by atoms with Crippen LogP contribution in [0, 0.1) is 5.92 Å². The van der Waals surface area contributed by atoms with Crippen LogP contribution in [0.15, 0.2) is 24.5 Å². The van der Waals surface area contributed by atoms with Crippen molar-refractivity contribution < 1.29 is 0 Å². The Labute approximate surface area is 99.9 Å². The number of hydrogen-bond acceptors (Lipinski definition) is 5. The van der Waals surface area contributed by atoms with E-state index >= 15 is 0 Å². The van der Waals surface area contributed by atoms with Crippen molar-refractivity contribution in [3.05, 3.63) is 30.4 Å². The molecule has 6 heteroatoms. The van der Waals surface area contributed by atoms with Crippen LogP contribution in [0.1, 0.15) is 32.1 Å². The van der Waals surface area contributed by atoms with Crippen molar-refractivity contribution >= 4 is 5.69 Å². The monoisotopic (exact) mass is 232 g/mol. The molecule has 0 aromatic carbocycles. The third-order valence-electron chi connectivity index (χ3n) is 2.38. The molecule has 0 amide bonds. The number of nitrogens with one attached hydrogen (secondary N) is 2. The van der Waals surface area contributed by atoms with E-state index in [4.69, 9.17) is 0 Å². The first-order valence-electron chi connectivity index (χ1n) is 5.65. The molecule has 0 radical (unpaired) electrons. The zero-order valence-corrected chi connectivity index (χ0v) is 9.96. The maximum Gasteiger partial charge on any atom is 0.196 e. The lowest BCUT2D eigenvalue weighted by Gasteiger charge is -2.18. The van der Waals surface area contributed by atoms with Crippen LogP contribution >= 0.6 is 0 Å². The van der Waals surface area contributed by atoms with Crippen LogP contribution in [0.25, 0.3) is 0 Å². The molecule has 1 atom stereocenters. The van der Waals surface area contributed by atoms with Crippen LogP contribution in [-0.2, 0) is 0 Å². The van der Waals surface area contributed by atoms with Gasteiger partial charge in [0, 0.05) is 12.4 Å². The minimum atomic E-state index is 0.0537. The predicted octanol–water partition coefficient (Wildman–Crippen LogP) is 1.79. The number of hydrogen-bond donors (Lipinski definition) is 2. The second-order valence-electron chi connectivity index (χ2n) is 4.34. The molecule has 0 aliphatic carbocycles. The standard InChI is InChI=1S/C11H16N6/c1-8(2)6-10(11-14-16-17-15-11)13-9-4-3-5-12-7-9/h3-5,7-8,10,13H,6H2,1-2H3,(H,14,15,16,17). The van der Waals surface area contributed by atoms with Gasteiger partial charge in [-0.25, -0.2) is 0 Å². The third kappa shape index (κ3) is 3.24. The molecular weight excluding hydrogens is 216 g/mol. The summed E-state index contributed by atoms with van der Waals surface area (Å²) in [5, 5.41) is 17.5. The lowest BCUT2D eigenvalue weighted by molar-refractivity contribution is 0.515. The number of anilines is 1. The van der Waals surface area contributed by atoms with E-state index in [1.165, 1.54) is 0 Å². The van der Waals surface area contributed by atoms with Crippen LogP contribution in [0.5, 0.6) is 0 Å². The zero-order valence-electron chi connectivity index (χ0n) is 9.96. The highest BCUT2D eigenvalue weighted by molar-refractivity contribution is 5.41. The average Bonchev–Trinajstić information content (AvgIpc) is 2.82. The zero-order chi connectivity index (χ0) is 12.1. The highest BCUT2D eigenvalue weighted by atomic mass is 15.5. The molecule has 0 bridgehead atoms. The molecule has 2 N–H and O–H groups in total. The number of pyridine rings is 1. The molecule has 0 aliphatic heterocycles. The van der Waals surface area contributed by atoms with Gasteiger partial charge in [-0.2, -0.15) is 5.21 Å². The summed E-state index contributed by atoms with van der Waals surface area (Å²) in [6, 6.07) is 3.92. The number of aromatic nitrogens is 5. The van der Waals surface area contributed by atoms with Gasteiger partial charge in [0.1, 0.15) is 0 Å². The van der Waals surface area contributed by atoms with Crippen LogP contribution < -0.4 is 5.32 Å². The molecule has 6 nitrogen and oxygen atoms in total. The Morgan fingerprint density at radius 3 is 2.88 bits per heavy atom. The first-order valence-corrected chi connectivity index (χ1v) is 5.65. The smallest absolute Gasteiger partial charge is 0.196 e. The molecule has 2 aromatic heterocycles. The lowest BCUT2D eigenvalue weighted by atomic mass is 10.0. The van der Waals surface area contributed by atoms with Crippen molar-refractivity contribution in [3.8, 4) is 0 Å². The van der Waals surface area contributed by atoms with Gasteiger partial charge >= 0.3 is 0 Å². The summed E-state index contributed by atoms with van der Waals surface area (Å²) < 4.78 is 0. The van der Waals surface area contributed by atoms with E-state index in [9.17, 15) is 0 Å². The van der Waals surface area contributed by atoms with E-state index in [0.29, 0.717) is 11.7 Å². The molecule has 0 saturated heterocycles. The Morgan fingerprint density at radius 1 is 1.41 bits per heavy atom. The first-order chi connectivity index (χ1) is 8.25. The quantitative estimate of drug-likeness (QED) is 0.821. The van der Waals surface area contributed by atoms with E-state index in [1.54, 1.807) is 12.4 Å². The summed E-state index contributed by atoms with van der Waals surface area (Å²) in [6.07, 6.45) is 4.47. The number of H-pyrrole nitrogens is 1. The van der Waals surface area contributed by atoms with E-state index < -0.39 is 0 Å². The van der Waals surface area contributed by atoms with Gasteiger partial charge in [0.05, 0.1) is 11.7 Å². The van der Waals surface area contributed by atoms with Gasteiger partial charge < -0.3 is 5.32 Å². The van der Waals surface area contributed by atoms with Gasteiger partial charge in [-0.15, -0.1) is 10.2 Å². The van der Waals surface area contributed by atoms with Gasteiger partial charge in [-0.1, -0.05) is 19.1 Å². The largest absolute Gasteiger partial charge is 0.374 e. The summed E-state index contributed by atoms with van der Waals surface area (Å²) in [5.74, 6) is 1.23. The summed E-state index contributed by atoms with van der Waals surface area (Å²) in [5.41, 5.74) is 0.961. The van der Waals surface area contributed by atoms with Crippen LogP contribution in [0.4, 0.5) is 5.69 Å². The molecule has 2 aromatic rings. The molecule has 1 unspecified atom stereocenters. The third-order valence-corrected chi connectivity index (χ3v) is 2.38. The topological polar surface area (TPSA) is 79.4 Å². The van der Waals surface area contributed by atoms with Gasteiger partial charge in [-0.05, 0) is 24.5 Å². The fraction of sp³-hybridized carbons (Fsp3) is 0.455. The van der Waals surface area contributed by atoms with Crippen LogP contribution in [0.3, 0.4) is 0 Å². The molecule has 0 spiro atoms. The van der Waals surface area contributed by atoms with Crippen LogP contribution in [-0.4, -0.2) is 25.6 Å². The lowest BCUT2D eigenvalue weighted by Crippen LogP contribution is -2.15. The van der Waals surface area contributed by atoms with E-state index in [2.05, 4.69) is 44.8 Å². The Hall–Kier alpha value is -1.98. The Morgan fingerprint density at radius 2 is 2.29 bits per heavy atom. The molecule has 0 saturated carbocycles. The van der Waals surface area contributed by atoms with Gasteiger partial charge in [0.2, 0.25) is 0 Å². The summed E-state index contributed by atoms with van der Waals surface area (Å²) >= 11 is 0. The summed E-state index contributed by atoms with van der Waals surface area (Å²) in [6.45, 7) is 4.33. The second kappa shape index (κ2) is 5.38. The van der Waals surface area contributed by atoms with Gasteiger partial charge in [0.25, 0.3) is 0 Å². The van der Waals surface area contributed by atoms with E-state index in [0.717, 1.165) is 12.1 Å². The van der Waals surface area contributed by atoms with Gasteiger partial charge in [-0.3, -0.25) is 4.98 Å². The second-order valence-corrected chi connectivity index (χ2v) is 4.34. The van der Waals surface area contributed by atoms with Crippen molar-refractivity contribution in [2.75, 3.05) is 5.32 Å². The number of tetrazole rings is 1. The van der Waals surface area contributed by atoms with Crippen LogP contribution in [0.2, 0.25) is 0 Å². The number of aromatic amines is 1. The molecule has 2 heterocycles. The highest BCUT2D eigenvalue weighted by Gasteiger charge is 2.17. The normalized spacial score (nSPS) is 12.6. The Kier molecular flexibility index (Phi) is 3.64. The Balaban J connectivity index is 2.11. The molecule has 2 rings (SSSR count). The van der Waals surface area contributed by atoms with Crippen molar-refractivity contribution in [2.24, 2.45) is 5.92 Å². The summed E-state index contributed by atoms with van der Waals surface area (Å²) in [4.78, 5) is 4.07. The average molecular weight is 232 g/mol. The van der Waals surface area contributed by atoms with E-state index in [-0.39, 0.29) is 6.04 Å². The number of rotatable bonds is 5. The SMILES string of the molecule is CC(C)CC(Nc1cccnc1)c1nn[nH]n1. The van der Waals surface area contributed by atoms with E-state index in [1.807, 2.05) is 12.1 Å². The first kappa shape index (κ1) is 11.5. The predicted molar refractivity (Wildman–Crippen MR) is 64.2 cm³/mol. The molecule has 17 heavy (non-hydrogen) atoms. The van der Waals surface area contributed by atoms with Crippen molar-refractivity contribution in [1.82, 2.24) is 25.6 Å². The molecule has 0 fully saturated rings. The maximum absolute atomic E-state index is 4.07. The summed E-state index contributed by atoms with van der Waals surface area (Å²) in [7, 11) is 0. The maximum atomic E-state index is 4.07. The van der Waals surface area contributed by atoms with Crippen molar-refractivity contribution in [2.45, 2.75) is 26.3 Å². The minimum absolute atomic E-state index is 0.0537. The fourth-order valence-corrected chi connectivity index (χ4v) is 1.67. The molecule has 90 valence electrons. The molecular formula is C11H16N6. The molecule has 0 aliphatic rings. The minimum Gasteiger partial charge on any atom is -0.374 e.